The van der Waals surface area contributed by atoms with Crippen LogP contribution >= 0.6 is 11.3 Å². The lowest BCUT2D eigenvalue weighted by atomic mass is 10.0. The fraction of sp³-hybridized carbons (Fsp3) is 0.500. The predicted molar refractivity (Wildman–Crippen MR) is 108 cm³/mol. The second-order valence-electron chi connectivity index (χ2n) is 6.63. The first kappa shape index (κ1) is 19.6. The Hall–Kier alpha value is -2.12. The van der Waals surface area contributed by atoms with E-state index in [-0.39, 0.29) is 5.91 Å². The van der Waals surface area contributed by atoms with Gasteiger partial charge in [0, 0.05) is 31.4 Å². The van der Waals surface area contributed by atoms with Gasteiger partial charge in [-0.2, -0.15) is 0 Å². The summed E-state index contributed by atoms with van der Waals surface area (Å²) in [6, 6.07) is 6.50. The molecule has 146 valence electrons. The number of anilines is 1. The number of likely N-dealkylation sites (tertiary alicyclic amines) is 1. The van der Waals surface area contributed by atoms with Crippen LogP contribution in [-0.2, 0) is 11.3 Å². The Bertz CT molecular complexity index is 793. The predicted octanol–water partition coefficient (Wildman–Crippen LogP) is 3.87. The molecule has 1 aromatic heterocycles. The average molecular weight is 390 g/mol. The molecule has 0 unspecified atom stereocenters. The number of amides is 1. The molecule has 0 radical (unpaired) electrons. The standard InChI is InChI=1S/C20H27N3O3S/c1-5-23(14(2)24)20-21-16(13-27-20)12-22-10-6-7-17(22)15-8-9-18(25-3)19(11-15)26-4/h8-9,11,13,17H,5-7,10,12H2,1-4H3/t17-/m1/s1. The number of carbonyl (C=O) groups is 1. The third kappa shape index (κ3) is 4.25. The molecule has 0 N–H and O–H groups in total. The molecule has 1 saturated heterocycles. The molecule has 2 heterocycles. The molecular formula is C20H27N3O3S. The summed E-state index contributed by atoms with van der Waals surface area (Å²) in [6.07, 6.45) is 2.27. The highest BCUT2D eigenvalue weighted by atomic mass is 32.1. The number of hydrogen-bond acceptors (Lipinski definition) is 6. The Labute approximate surface area is 164 Å². The van der Waals surface area contributed by atoms with Crippen LogP contribution in [-0.4, -0.2) is 43.1 Å². The molecule has 1 amide bonds. The van der Waals surface area contributed by atoms with Crippen molar-refractivity contribution in [1.29, 1.82) is 0 Å². The number of rotatable bonds is 7. The lowest BCUT2D eigenvalue weighted by molar-refractivity contribution is -0.116. The van der Waals surface area contributed by atoms with Crippen LogP contribution in [0, 0.1) is 0 Å². The number of benzene rings is 1. The fourth-order valence-corrected chi connectivity index (χ4v) is 4.57. The zero-order valence-electron chi connectivity index (χ0n) is 16.4. The molecule has 7 heteroatoms. The minimum Gasteiger partial charge on any atom is -0.493 e. The van der Waals surface area contributed by atoms with Crippen LogP contribution in [0.4, 0.5) is 5.13 Å². The molecule has 27 heavy (non-hydrogen) atoms. The zero-order chi connectivity index (χ0) is 19.4. The Morgan fingerprint density at radius 3 is 2.78 bits per heavy atom. The number of nitrogens with zero attached hydrogens (tertiary/aromatic N) is 3. The van der Waals surface area contributed by atoms with E-state index >= 15 is 0 Å². The fourth-order valence-electron chi connectivity index (χ4n) is 3.65. The average Bonchev–Trinajstić information content (AvgIpc) is 3.31. The third-order valence-electron chi connectivity index (χ3n) is 4.99. The highest BCUT2D eigenvalue weighted by Crippen LogP contribution is 2.37. The van der Waals surface area contributed by atoms with Crippen molar-refractivity contribution in [3.05, 3.63) is 34.8 Å². The molecule has 0 spiro atoms. The van der Waals surface area contributed by atoms with Crippen molar-refractivity contribution >= 4 is 22.4 Å². The third-order valence-corrected chi connectivity index (χ3v) is 5.90. The van der Waals surface area contributed by atoms with Crippen LogP contribution in [0.15, 0.2) is 23.6 Å². The molecule has 1 atom stereocenters. The first-order chi connectivity index (χ1) is 13.1. The van der Waals surface area contributed by atoms with E-state index in [0.717, 1.165) is 48.3 Å². The smallest absolute Gasteiger partial charge is 0.225 e. The normalized spacial score (nSPS) is 17.1. The molecule has 0 saturated carbocycles. The van der Waals surface area contributed by atoms with Crippen LogP contribution in [0.2, 0.25) is 0 Å². The topological polar surface area (TPSA) is 54.9 Å². The van der Waals surface area contributed by atoms with Crippen molar-refractivity contribution in [2.45, 2.75) is 39.3 Å². The molecule has 0 aliphatic carbocycles. The monoisotopic (exact) mass is 389 g/mol. The minimum absolute atomic E-state index is 0.0303. The molecular weight excluding hydrogens is 362 g/mol. The molecule has 1 fully saturated rings. The van der Waals surface area contributed by atoms with Crippen LogP contribution in [0.3, 0.4) is 0 Å². The number of thiazole rings is 1. The molecule has 1 aromatic carbocycles. The van der Waals surface area contributed by atoms with E-state index in [9.17, 15) is 4.79 Å². The van der Waals surface area contributed by atoms with Crippen LogP contribution < -0.4 is 14.4 Å². The molecule has 1 aliphatic rings. The number of aromatic nitrogens is 1. The highest BCUT2D eigenvalue weighted by Gasteiger charge is 2.27. The molecule has 1 aliphatic heterocycles. The van der Waals surface area contributed by atoms with Crippen LogP contribution in [0.25, 0.3) is 0 Å². The quantitative estimate of drug-likeness (QED) is 0.719. The zero-order valence-corrected chi connectivity index (χ0v) is 17.2. The second kappa shape index (κ2) is 8.71. The van der Waals surface area contributed by atoms with E-state index in [1.54, 1.807) is 26.0 Å². The number of ether oxygens (including phenoxy) is 2. The summed E-state index contributed by atoms with van der Waals surface area (Å²) in [5.41, 5.74) is 2.25. The molecule has 6 nitrogen and oxygen atoms in total. The van der Waals surface area contributed by atoms with Gasteiger partial charge in [-0.25, -0.2) is 4.98 Å². The maximum absolute atomic E-state index is 11.7. The first-order valence-corrected chi connectivity index (χ1v) is 10.1. The molecule has 3 rings (SSSR count). The van der Waals surface area contributed by atoms with Crippen LogP contribution in [0.1, 0.15) is 44.0 Å². The van der Waals surface area contributed by atoms with Crippen molar-refractivity contribution in [3.63, 3.8) is 0 Å². The second-order valence-corrected chi connectivity index (χ2v) is 7.46. The van der Waals surface area contributed by atoms with Gasteiger partial charge in [0.15, 0.2) is 16.6 Å². The number of carbonyl (C=O) groups excluding carboxylic acids is 1. The van der Waals surface area contributed by atoms with E-state index in [0.29, 0.717) is 12.6 Å². The van der Waals surface area contributed by atoms with Gasteiger partial charge in [0.1, 0.15) is 0 Å². The van der Waals surface area contributed by atoms with Gasteiger partial charge in [0.05, 0.1) is 19.9 Å². The van der Waals surface area contributed by atoms with Gasteiger partial charge in [-0.05, 0) is 44.0 Å². The van der Waals surface area contributed by atoms with E-state index in [1.807, 2.05) is 13.0 Å². The Kier molecular flexibility index (Phi) is 6.34. The van der Waals surface area contributed by atoms with Gasteiger partial charge in [-0.3, -0.25) is 14.6 Å². The van der Waals surface area contributed by atoms with Crippen LogP contribution in [0.5, 0.6) is 11.5 Å². The maximum atomic E-state index is 11.7. The molecule has 0 bridgehead atoms. The van der Waals surface area contributed by atoms with E-state index in [2.05, 4.69) is 22.4 Å². The van der Waals surface area contributed by atoms with Crippen molar-refractivity contribution in [3.8, 4) is 11.5 Å². The number of methoxy groups -OCH3 is 2. The van der Waals surface area contributed by atoms with Gasteiger partial charge in [-0.1, -0.05) is 6.07 Å². The van der Waals surface area contributed by atoms with E-state index < -0.39 is 0 Å². The van der Waals surface area contributed by atoms with Crippen molar-refractivity contribution < 1.29 is 14.3 Å². The lowest BCUT2D eigenvalue weighted by Crippen LogP contribution is -2.28. The van der Waals surface area contributed by atoms with Crippen molar-refractivity contribution in [2.24, 2.45) is 0 Å². The minimum atomic E-state index is 0.0303. The SMILES string of the molecule is CCN(C(C)=O)c1nc(CN2CCC[C@@H]2c2ccc(OC)c(OC)c2)cs1. The largest absolute Gasteiger partial charge is 0.493 e. The maximum Gasteiger partial charge on any atom is 0.225 e. The van der Waals surface area contributed by atoms with E-state index in [1.165, 1.54) is 16.9 Å². The first-order valence-electron chi connectivity index (χ1n) is 9.25. The number of hydrogen-bond donors (Lipinski definition) is 0. The van der Waals surface area contributed by atoms with Gasteiger partial charge < -0.3 is 9.47 Å². The Morgan fingerprint density at radius 2 is 2.11 bits per heavy atom. The summed E-state index contributed by atoms with van der Waals surface area (Å²) in [7, 11) is 3.32. The lowest BCUT2D eigenvalue weighted by Gasteiger charge is -2.24. The summed E-state index contributed by atoms with van der Waals surface area (Å²) in [5.74, 6) is 1.54. The van der Waals surface area contributed by atoms with Gasteiger partial charge >= 0.3 is 0 Å². The highest BCUT2D eigenvalue weighted by molar-refractivity contribution is 7.14. The van der Waals surface area contributed by atoms with Crippen molar-refractivity contribution in [2.75, 3.05) is 32.2 Å². The Balaban J connectivity index is 1.76. The summed E-state index contributed by atoms with van der Waals surface area (Å²) in [4.78, 5) is 20.6. The van der Waals surface area contributed by atoms with Gasteiger partial charge in [0.25, 0.3) is 0 Å². The summed E-state index contributed by atoms with van der Waals surface area (Å²) < 4.78 is 10.8. The van der Waals surface area contributed by atoms with E-state index in [4.69, 9.17) is 14.5 Å². The van der Waals surface area contributed by atoms with Crippen molar-refractivity contribution in [1.82, 2.24) is 9.88 Å². The summed E-state index contributed by atoms with van der Waals surface area (Å²) >= 11 is 1.53. The molecule has 2 aromatic rings. The Morgan fingerprint density at radius 1 is 1.33 bits per heavy atom. The summed E-state index contributed by atoms with van der Waals surface area (Å²) in [6.45, 7) is 6.01. The van der Waals surface area contributed by atoms with Gasteiger partial charge in [-0.15, -0.1) is 11.3 Å². The summed E-state index contributed by atoms with van der Waals surface area (Å²) in [5, 5.41) is 2.84. The van der Waals surface area contributed by atoms with Gasteiger partial charge in [0.2, 0.25) is 5.91 Å².